The molecule has 1 heterocycles. The molecular weight excluding hydrogens is 228 g/mol. The maximum absolute atomic E-state index is 10.8. The number of anilines is 1. The first-order valence-electron chi connectivity index (χ1n) is 5.55. The summed E-state index contributed by atoms with van der Waals surface area (Å²) in [7, 11) is 3.94. The lowest BCUT2D eigenvalue weighted by Gasteiger charge is -2.17. The van der Waals surface area contributed by atoms with Crippen molar-refractivity contribution in [2.24, 2.45) is 0 Å². The Morgan fingerprint density at radius 2 is 1.89 bits per heavy atom. The van der Waals surface area contributed by atoms with Gasteiger partial charge in [-0.15, -0.1) is 0 Å². The van der Waals surface area contributed by atoms with Crippen molar-refractivity contribution in [3.05, 3.63) is 48.3 Å². The molecule has 0 aliphatic carbocycles. The number of benzene rings is 1. The van der Waals surface area contributed by atoms with Crippen LogP contribution >= 0.6 is 0 Å². The molecule has 4 heteroatoms. The number of hydrogen-bond acceptors (Lipinski definition) is 3. The molecule has 2 aromatic rings. The Kier molecular flexibility index (Phi) is 3.28. The second-order valence-electron chi connectivity index (χ2n) is 4.15. The summed E-state index contributed by atoms with van der Waals surface area (Å²) >= 11 is 0. The van der Waals surface area contributed by atoms with E-state index in [1.807, 2.05) is 43.3 Å². The van der Waals surface area contributed by atoms with Gasteiger partial charge in [-0.2, -0.15) is 0 Å². The van der Waals surface area contributed by atoms with Gasteiger partial charge < -0.3 is 10.0 Å². The molecule has 18 heavy (non-hydrogen) atoms. The van der Waals surface area contributed by atoms with Crippen molar-refractivity contribution in [3.8, 4) is 11.1 Å². The van der Waals surface area contributed by atoms with Crippen LogP contribution in [0.15, 0.2) is 42.6 Å². The van der Waals surface area contributed by atoms with Gasteiger partial charge in [0.05, 0.1) is 0 Å². The molecule has 4 nitrogen and oxygen atoms in total. The van der Waals surface area contributed by atoms with Crippen LogP contribution in [0.1, 0.15) is 10.5 Å². The van der Waals surface area contributed by atoms with Crippen molar-refractivity contribution in [2.75, 3.05) is 19.0 Å². The van der Waals surface area contributed by atoms with E-state index in [9.17, 15) is 4.79 Å². The second kappa shape index (κ2) is 4.87. The quantitative estimate of drug-likeness (QED) is 0.898. The maximum Gasteiger partial charge on any atom is 0.354 e. The third kappa shape index (κ3) is 2.32. The van der Waals surface area contributed by atoms with Gasteiger partial charge in [0.2, 0.25) is 0 Å². The van der Waals surface area contributed by atoms with Crippen LogP contribution in [-0.2, 0) is 0 Å². The van der Waals surface area contributed by atoms with E-state index in [0.717, 1.165) is 16.8 Å². The van der Waals surface area contributed by atoms with Crippen molar-refractivity contribution in [1.29, 1.82) is 0 Å². The van der Waals surface area contributed by atoms with Gasteiger partial charge in [-0.1, -0.05) is 24.3 Å². The average molecular weight is 242 g/mol. The van der Waals surface area contributed by atoms with E-state index in [1.54, 1.807) is 12.3 Å². The molecule has 0 amide bonds. The predicted octanol–water partition coefficient (Wildman–Crippen LogP) is 2.51. The van der Waals surface area contributed by atoms with E-state index in [2.05, 4.69) is 4.98 Å². The zero-order valence-corrected chi connectivity index (χ0v) is 10.3. The molecular formula is C14H14N2O2. The maximum atomic E-state index is 10.8. The van der Waals surface area contributed by atoms with Gasteiger partial charge >= 0.3 is 5.97 Å². The Labute approximate surface area is 106 Å². The third-order valence-corrected chi connectivity index (χ3v) is 2.68. The van der Waals surface area contributed by atoms with E-state index in [0.29, 0.717) is 0 Å². The fourth-order valence-electron chi connectivity index (χ4n) is 1.79. The summed E-state index contributed by atoms with van der Waals surface area (Å²) in [5.74, 6) is -1.01. The molecule has 0 saturated carbocycles. The number of aromatic carboxylic acids is 1. The predicted molar refractivity (Wildman–Crippen MR) is 71.0 cm³/mol. The monoisotopic (exact) mass is 242 g/mol. The molecule has 0 atom stereocenters. The summed E-state index contributed by atoms with van der Waals surface area (Å²) in [6.45, 7) is 0. The molecule has 0 bridgehead atoms. The second-order valence-corrected chi connectivity index (χ2v) is 4.15. The van der Waals surface area contributed by atoms with Crippen LogP contribution in [-0.4, -0.2) is 30.2 Å². The Morgan fingerprint density at radius 1 is 1.17 bits per heavy atom. The first kappa shape index (κ1) is 12.1. The van der Waals surface area contributed by atoms with Gasteiger partial charge in [0.1, 0.15) is 5.69 Å². The summed E-state index contributed by atoms with van der Waals surface area (Å²) in [6, 6.07) is 11.2. The molecule has 92 valence electrons. The minimum Gasteiger partial charge on any atom is -0.477 e. The molecule has 0 fully saturated rings. The molecule has 0 radical (unpaired) electrons. The zero-order chi connectivity index (χ0) is 13.1. The molecule has 1 aromatic carbocycles. The highest BCUT2D eigenvalue weighted by atomic mass is 16.4. The van der Waals surface area contributed by atoms with Crippen LogP contribution in [0.25, 0.3) is 11.1 Å². The van der Waals surface area contributed by atoms with Gasteiger partial charge in [-0.3, -0.25) is 0 Å². The first-order chi connectivity index (χ1) is 8.59. The molecule has 1 N–H and O–H groups in total. The van der Waals surface area contributed by atoms with Gasteiger partial charge in [0, 0.05) is 37.1 Å². The summed E-state index contributed by atoms with van der Waals surface area (Å²) in [5.41, 5.74) is 3.07. The van der Waals surface area contributed by atoms with Crippen molar-refractivity contribution in [1.82, 2.24) is 4.98 Å². The number of para-hydroxylation sites is 1. The number of hydrogen-bond donors (Lipinski definition) is 1. The SMILES string of the molecule is CN(C)c1ccccc1-c1ccc(C(=O)O)nc1. The smallest absolute Gasteiger partial charge is 0.354 e. The van der Waals surface area contributed by atoms with Crippen LogP contribution < -0.4 is 4.90 Å². The normalized spacial score (nSPS) is 10.1. The van der Waals surface area contributed by atoms with Crippen molar-refractivity contribution < 1.29 is 9.90 Å². The Hall–Kier alpha value is -2.36. The van der Waals surface area contributed by atoms with E-state index >= 15 is 0 Å². The summed E-state index contributed by atoms with van der Waals surface area (Å²) in [5, 5.41) is 8.82. The summed E-state index contributed by atoms with van der Waals surface area (Å²) in [4.78, 5) is 16.7. The largest absolute Gasteiger partial charge is 0.477 e. The van der Waals surface area contributed by atoms with Crippen LogP contribution in [0.4, 0.5) is 5.69 Å². The standard InChI is InChI=1S/C14H14N2O2/c1-16(2)13-6-4-3-5-11(13)10-7-8-12(14(17)18)15-9-10/h3-9H,1-2H3,(H,17,18). The summed E-state index contributed by atoms with van der Waals surface area (Å²) < 4.78 is 0. The fourth-order valence-corrected chi connectivity index (χ4v) is 1.79. The fraction of sp³-hybridized carbons (Fsp3) is 0.143. The molecule has 2 rings (SSSR count). The Balaban J connectivity index is 2.46. The van der Waals surface area contributed by atoms with Gasteiger partial charge in [0.25, 0.3) is 0 Å². The third-order valence-electron chi connectivity index (χ3n) is 2.68. The van der Waals surface area contributed by atoms with Crippen molar-refractivity contribution >= 4 is 11.7 Å². The Morgan fingerprint density at radius 3 is 2.44 bits per heavy atom. The highest BCUT2D eigenvalue weighted by Gasteiger charge is 2.08. The number of rotatable bonds is 3. The minimum atomic E-state index is -1.01. The van der Waals surface area contributed by atoms with Crippen LogP contribution in [0.5, 0.6) is 0 Å². The van der Waals surface area contributed by atoms with E-state index < -0.39 is 5.97 Å². The molecule has 1 aromatic heterocycles. The number of aromatic nitrogens is 1. The number of carboxylic acids is 1. The first-order valence-corrected chi connectivity index (χ1v) is 5.55. The lowest BCUT2D eigenvalue weighted by Crippen LogP contribution is -2.09. The van der Waals surface area contributed by atoms with Crippen LogP contribution in [0.3, 0.4) is 0 Å². The van der Waals surface area contributed by atoms with E-state index in [-0.39, 0.29) is 5.69 Å². The van der Waals surface area contributed by atoms with Crippen molar-refractivity contribution in [3.63, 3.8) is 0 Å². The van der Waals surface area contributed by atoms with E-state index in [1.165, 1.54) is 6.07 Å². The Bertz CT molecular complexity index is 562. The van der Waals surface area contributed by atoms with Gasteiger partial charge in [-0.05, 0) is 12.1 Å². The number of carbonyl (C=O) groups is 1. The molecule has 0 saturated heterocycles. The highest BCUT2D eigenvalue weighted by molar-refractivity contribution is 5.86. The lowest BCUT2D eigenvalue weighted by molar-refractivity contribution is 0.0690. The zero-order valence-electron chi connectivity index (χ0n) is 10.3. The highest BCUT2D eigenvalue weighted by Crippen LogP contribution is 2.28. The summed E-state index contributed by atoms with van der Waals surface area (Å²) in [6.07, 6.45) is 1.59. The molecule has 0 aliphatic heterocycles. The number of pyridine rings is 1. The number of carboxylic acid groups (broad SMARTS) is 1. The van der Waals surface area contributed by atoms with Gasteiger partial charge in [-0.25, -0.2) is 9.78 Å². The topological polar surface area (TPSA) is 53.4 Å². The molecule has 0 aliphatic rings. The minimum absolute atomic E-state index is 0.0566. The van der Waals surface area contributed by atoms with Crippen LogP contribution in [0, 0.1) is 0 Å². The average Bonchev–Trinajstić information content (AvgIpc) is 2.39. The molecule has 0 unspecified atom stereocenters. The van der Waals surface area contributed by atoms with Crippen LogP contribution in [0.2, 0.25) is 0 Å². The van der Waals surface area contributed by atoms with E-state index in [4.69, 9.17) is 5.11 Å². The number of nitrogens with zero attached hydrogens (tertiary/aromatic N) is 2. The lowest BCUT2D eigenvalue weighted by atomic mass is 10.0. The van der Waals surface area contributed by atoms with Gasteiger partial charge in [0.15, 0.2) is 0 Å². The molecule has 0 spiro atoms. The van der Waals surface area contributed by atoms with Crippen molar-refractivity contribution in [2.45, 2.75) is 0 Å².